The summed E-state index contributed by atoms with van der Waals surface area (Å²) >= 11 is 1.85. The van der Waals surface area contributed by atoms with Crippen LogP contribution >= 0.6 is 11.8 Å². The molecular weight excluding hydrogens is 386 g/mol. The fourth-order valence-electron chi connectivity index (χ4n) is 4.52. The summed E-state index contributed by atoms with van der Waals surface area (Å²) in [7, 11) is 1.60. The van der Waals surface area contributed by atoms with Gasteiger partial charge in [-0.05, 0) is 38.0 Å². The first-order valence-electron chi connectivity index (χ1n) is 10.4. The van der Waals surface area contributed by atoms with Crippen molar-refractivity contribution in [2.75, 3.05) is 51.9 Å². The summed E-state index contributed by atoms with van der Waals surface area (Å²) in [6.07, 6.45) is 4.29. The third-order valence-electron chi connectivity index (χ3n) is 6.26. The molecule has 3 amide bonds. The zero-order valence-electron chi connectivity index (χ0n) is 17.8. The maximum atomic E-state index is 13.4. The first-order valence-corrected chi connectivity index (χ1v) is 11.8. The standard InChI is InChI=1S/C22H33N3O3S/c1-18(17-29-3)23-13-10-22(11-14-23)20(26)24(15-16-28-2)21(27)25(22)12-9-19-7-5-4-6-8-19/h4-8,18H,9-17H2,1-3H3/t18-/m0/s1. The van der Waals surface area contributed by atoms with Crippen LogP contribution in [0.1, 0.15) is 25.3 Å². The van der Waals surface area contributed by atoms with Gasteiger partial charge < -0.3 is 9.64 Å². The molecule has 0 unspecified atom stereocenters. The fraction of sp³-hybridized carbons (Fsp3) is 0.636. The molecule has 1 aromatic rings. The van der Waals surface area contributed by atoms with Crippen LogP contribution in [0.5, 0.6) is 0 Å². The number of ether oxygens (including phenoxy) is 1. The molecule has 2 aliphatic rings. The lowest BCUT2D eigenvalue weighted by atomic mass is 9.85. The molecule has 0 saturated carbocycles. The molecule has 7 heteroatoms. The number of carbonyl (C=O) groups excluding carboxylic acids is 2. The molecule has 0 N–H and O–H groups in total. The van der Waals surface area contributed by atoms with Crippen molar-refractivity contribution in [2.24, 2.45) is 0 Å². The fourth-order valence-corrected chi connectivity index (χ4v) is 5.22. The number of amides is 3. The second kappa shape index (κ2) is 9.96. The van der Waals surface area contributed by atoms with Gasteiger partial charge in [-0.2, -0.15) is 11.8 Å². The number of benzene rings is 1. The zero-order valence-corrected chi connectivity index (χ0v) is 18.6. The maximum Gasteiger partial charge on any atom is 0.327 e. The molecule has 0 aliphatic carbocycles. The Morgan fingerprint density at radius 3 is 2.45 bits per heavy atom. The molecule has 29 heavy (non-hydrogen) atoms. The van der Waals surface area contributed by atoms with E-state index in [-0.39, 0.29) is 11.9 Å². The lowest BCUT2D eigenvalue weighted by Gasteiger charge is -2.44. The van der Waals surface area contributed by atoms with Crippen molar-refractivity contribution < 1.29 is 14.3 Å². The number of urea groups is 1. The Labute approximate surface area is 178 Å². The van der Waals surface area contributed by atoms with E-state index in [2.05, 4.69) is 30.2 Å². The average Bonchev–Trinajstić information content (AvgIpc) is 2.92. The topological polar surface area (TPSA) is 53.1 Å². The van der Waals surface area contributed by atoms with Crippen LogP contribution in [0.25, 0.3) is 0 Å². The summed E-state index contributed by atoms with van der Waals surface area (Å²) in [6, 6.07) is 10.5. The van der Waals surface area contributed by atoms with Gasteiger partial charge in [-0.15, -0.1) is 0 Å². The minimum Gasteiger partial charge on any atom is -0.383 e. The van der Waals surface area contributed by atoms with Gasteiger partial charge in [0.15, 0.2) is 0 Å². The summed E-state index contributed by atoms with van der Waals surface area (Å²) in [5.74, 6) is 1.04. The number of thioether (sulfide) groups is 1. The zero-order chi connectivity index (χ0) is 20.9. The van der Waals surface area contributed by atoms with Crippen LogP contribution in [0.4, 0.5) is 4.79 Å². The number of hydrogen-bond acceptors (Lipinski definition) is 5. The van der Waals surface area contributed by atoms with Gasteiger partial charge in [0.05, 0.1) is 13.2 Å². The molecule has 2 fully saturated rings. The number of rotatable bonds is 9. The molecule has 1 spiro atoms. The maximum absolute atomic E-state index is 13.4. The summed E-state index contributed by atoms with van der Waals surface area (Å²) in [4.78, 5) is 32.3. The molecule has 0 aromatic heterocycles. The normalized spacial score (nSPS) is 20.7. The van der Waals surface area contributed by atoms with Gasteiger partial charge in [0.2, 0.25) is 0 Å². The second-order valence-electron chi connectivity index (χ2n) is 7.99. The highest BCUT2D eigenvalue weighted by Crippen LogP contribution is 2.38. The summed E-state index contributed by atoms with van der Waals surface area (Å²) in [5.41, 5.74) is 0.485. The van der Waals surface area contributed by atoms with Crippen molar-refractivity contribution >= 4 is 23.7 Å². The molecule has 6 nitrogen and oxygen atoms in total. The second-order valence-corrected chi connectivity index (χ2v) is 8.90. The molecule has 2 aliphatic heterocycles. The molecule has 160 valence electrons. The van der Waals surface area contributed by atoms with Crippen molar-refractivity contribution in [3.05, 3.63) is 35.9 Å². The van der Waals surface area contributed by atoms with E-state index in [4.69, 9.17) is 4.74 Å². The lowest BCUT2D eigenvalue weighted by molar-refractivity contribution is -0.136. The Bertz CT molecular complexity index is 692. The Balaban J connectivity index is 1.77. The van der Waals surface area contributed by atoms with Crippen molar-refractivity contribution in [1.29, 1.82) is 0 Å². The summed E-state index contributed by atoms with van der Waals surface area (Å²) in [5, 5.41) is 0. The average molecular weight is 420 g/mol. The largest absolute Gasteiger partial charge is 0.383 e. The van der Waals surface area contributed by atoms with E-state index in [1.165, 1.54) is 10.5 Å². The number of likely N-dealkylation sites (tertiary alicyclic amines) is 1. The highest BCUT2D eigenvalue weighted by Gasteiger charge is 2.57. The van der Waals surface area contributed by atoms with Crippen molar-refractivity contribution in [3.63, 3.8) is 0 Å². The number of carbonyl (C=O) groups is 2. The first kappa shape index (κ1) is 22.1. The predicted molar refractivity (Wildman–Crippen MR) is 117 cm³/mol. The Morgan fingerprint density at radius 1 is 1.14 bits per heavy atom. The minimum absolute atomic E-state index is 0.0372. The van der Waals surface area contributed by atoms with Gasteiger partial charge in [-0.3, -0.25) is 14.6 Å². The van der Waals surface area contributed by atoms with Crippen molar-refractivity contribution in [3.8, 4) is 0 Å². The molecule has 0 radical (unpaired) electrons. The van der Waals surface area contributed by atoms with Gasteiger partial charge in [-0.25, -0.2) is 4.79 Å². The van der Waals surface area contributed by atoms with Gasteiger partial charge >= 0.3 is 6.03 Å². The monoisotopic (exact) mass is 419 g/mol. The third kappa shape index (κ3) is 4.62. The summed E-state index contributed by atoms with van der Waals surface area (Å²) < 4.78 is 5.14. The molecule has 3 rings (SSSR count). The first-order chi connectivity index (χ1) is 14.0. The van der Waals surface area contributed by atoms with Gasteiger partial charge in [0, 0.05) is 38.5 Å². The van der Waals surface area contributed by atoms with E-state index in [0.717, 1.165) is 25.3 Å². The Morgan fingerprint density at radius 2 is 1.83 bits per heavy atom. The third-order valence-corrected chi connectivity index (χ3v) is 7.08. The molecule has 2 heterocycles. The number of piperidine rings is 1. The number of methoxy groups -OCH3 is 1. The van der Waals surface area contributed by atoms with Crippen LogP contribution in [0.3, 0.4) is 0 Å². The van der Waals surface area contributed by atoms with Crippen molar-refractivity contribution in [2.45, 2.75) is 37.8 Å². The van der Waals surface area contributed by atoms with Gasteiger partial charge in [-0.1, -0.05) is 30.3 Å². The number of nitrogens with zero attached hydrogens (tertiary/aromatic N) is 3. The van der Waals surface area contributed by atoms with E-state index in [9.17, 15) is 9.59 Å². The van der Waals surface area contributed by atoms with Crippen LogP contribution in [-0.2, 0) is 16.0 Å². The molecule has 0 bridgehead atoms. The molecule has 1 atom stereocenters. The van der Waals surface area contributed by atoms with Crippen LogP contribution < -0.4 is 0 Å². The SMILES string of the molecule is COCCN1C(=O)N(CCc2ccccc2)C2(CCN([C@@H](C)CSC)CC2)C1=O. The summed E-state index contributed by atoms with van der Waals surface area (Å²) in [6.45, 7) is 5.20. The highest BCUT2D eigenvalue weighted by atomic mass is 32.2. The lowest BCUT2D eigenvalue weighted by Crippen LogP contribution is -2.58. The van der Waals surface area contributed by atoms with Crippen LogP contribution in [-0.4, -0.2) is 90.1 Å². The van der Waals surface area contributed by atoms with Crippen LogP contribution in [0.2, 0.25) is 0 Å². The van der Waals surface area contributed by atoms with Crippen LogP contribution in [0.15, 0.2) is 30.3 Å². The quantitative estimate of drug-likeness (QED) is 0.576. The Hall–Kier alpha value is -1.57. The van der Waals surface area contributed by atoms with E-state index in [0.29, 0.717) is 38.6 Å². The van der Waals surface area contributed by atoms with Gasteiger partial charge in [0.1, 0.15) is 5.54 Å². The van der Waals surface area contributed by atoms with Crippen LogP contribution in [0, 0.1) is 0 Å². The van der Waals surface area contributed by atoms with E-state index in [1.54, 1.807) is 7.11 Å². The highest BCUT2D eigenvalue weighted by molar-refractivity contribution is 7.98. The predicted octanol–water partition coefficient (Wildman–Crippen LogP) is 2.73. The number of imide groups is 1. The van der Waals surface area contributed by atoms with E-state index in [1.807, 2.05) is 34.9 Å². The molecule has 1 aromatic carbocycles. The molecule has 2 saturated heterocycles. The number of hydrogen-bond donors (Lipinski definition) is 0. The van der Waals surface area contributed by atoms with E-state index < -0.39 is 5.54 Å². The smallest absolute Gasteiger partial charge is 0.327 e. The van der Waals surface area contributed by atoms with E-state index >= 15 is 0 Å². The van der Waals surface area contributed by atoms with Gasteiger partial charge in [0.25, 0.3) is 5.91 Å². The molecular formula is C22H33N3O3S. The minimum atomic E-state index is -0.699. The van der Waals surface area contributed by atoms with Crippen molar-refractivity contribution in [1.82, 2.24) is 14.7 Å². The Kier molecular flexibility index (Phi) is 7.60.